The monoisotopic (exact) mass is 114 g/mol. The van der Waals surface area contributed by atoms with Crippen molar-refractivity contribution in [2.24, 2.45) is 11.1 Å². The fraction of sp³-hybridized carbons (Fsp3) is 1.00. The first kappa shape index (κ1) is 6.05. The summed E-state index contributed by atoms with van der Waals surface area (Å²) in [5, 5.41) is 3.19. The molecule has 1 fully saturated rings. The molecule has 1 aliphatic rings. The fourth-order valence-electron chi connectivity index (χ4n) is 0.982. The average Bonchev–Trinajstić information content (AvgIpc) is 1.86. The van der Waals surface area contributed by atoms with Crippen molar-refractivity contribution in [3.05, 3.63) is 0 Å². The van der Waals surface area contributed by atoms with E-state index in [-0.39, 0.29) is 6.17 Å². The third-order valence-corrected chi connectivity index (χ3v) is 1.98. The van der Waals surface area contributed by atoms with Gasteiger partial charge in [0.1, 0.15) is 0 Å². The van der Waals surface area contributed by atoms with Gasteiger partial charge >= 0.3 is 0 Å². The third-order valence-electron chi connectivity index (χ3n) is 1.98. The van der Waals surface area contributed by atoms with Gasteiger partial charge in [0.25, 0.3) is 0 Å². The van der Waals surface area contributed by atoms with Crippen LogP contribution < -0.4 is 11.1 Å². The Morgan fingerprint density at radius 2 is 2.25 bits per heavy atom. The van der Waals surface area contributed by atoms with E-state index in [1.54, 1.807) is 0 Å². The largest absolute Gasteiger partial charge is 0.315 e. The normalized spacial score (nSPS) is 35.6. The summed E-state index contributed by atoms with van der Waals surface area (Å²) >= 11 is 0. The number of nitrogens with one attached hydrogen (secondary N) is 1. The minimum absolute atomic E-state index is 0.211. The summed E-state index contributed by atoms with van der Waals surface area (Å²) < 4.78 is 0. The second-order valence-electron chi connectivity index (χ2n) is 3.17. The van der Waals surface area contributed by atoms with Gasteiger partial charge < -0.3 is 11.1 Å². The molecule has 0 spiro atoms. The molecule has 0 aromatic carbocycles. The summed E-state index contributed by atoms with van der Waals surface area (Å²) in [7, 11) is 0. The van der Waals surface area contributed by atoms with Gasteiger partial charge in [0.15, 0.2) is 0 Å². The summed E-state index contributed by atoms with van der Waals surface area (Å²) in [4.78, 5) is 0. The lowest BCUT2D eigenvalue weighted by Crippen LogP contribution is -2.40. The Hall–Kier alpha value is -0.0800. The lowest BCUT2D eigenvalue weighted by atomic mass is 9.90. The van der Waals surface area contributed by atoms with Crippen molar-refractivity contribution in [2.75, 3.05) is 6.54 Å². The molecule has 1 aliphatic heterocycles. The lowest BCUT2D eigenvalue weighted by Gasteiger charge is -2.21. The SMILES string of the molecule is CC1(C)CCN[C@H]1N. The highest BCUT2D eigenvalue weighted by atomic mass is 15.1. The van der Waals surface area contributed by atoms with Gasteiger partial charge in [-0.2, -0.15) is 0 Å². The van der Waals surface area contributed by atoms with E-state index in [2.05, 4.69) is 19.2 Å². The minimum atomic E-state index is 0.211. The highest BCUT2D eigenvalue weighted by molar-refractivity contribution is 4.86. The number of hydrogen-bond acceptors (Lipinski definition) is 2. The molecule has 0 saturated carbocycles. The zero-order chi connectivity index (χ0) is 6.20. The third kappa shape index (κ3) is 0.858. The van der Waals surface area contributed by atoms with Crippen LogP contribution in [0.1, 0.15) is 20.3 Å². The van der Waals surface area contributed by atoms with Crippen LogP contribution in [0.3, 0.4) is 0 Å². The Kier molecular flexibility index (Phi) is 1.29. The van der Waals surface area contributed by atoms with E-state index < -0.39 is 0 Å². The van der Waals surface area contributed by atoms with Crippen molar-refractivity contribution >= 4 is 0 Å². The molecule has 0 aliphatic carbocycles. The molecular formula is C6H14N2. The Bertz CT molecular complexity index is 88.5. The predicted molar refractivity (Wildman–Crippen MR) is 34.4 cm³/mol. The molecule has 3 N–H and O–H groups in total. The fourth-order valence-corrected chi connectivity index (χ4v) is 0.982. The van der Waals surface area contributed by atoms with Crippen LogP contribution >= 0.6 is 0 Å². The smallest absolute Gasteiger partial charge is 0.0599 e. The maximum atomic E-state index is 5.70. The van der Waals surface area contributed by atoms with Crippen molar-refractivity contribution < 1.29 is 0 Å². The maximum absolute atomic E-state index is 5.70. The Balaban J connectivity index is 2.54. The summed E-state index contributed by atoms with van der Waals surface area (Å²) in [6.07, 6.45) is 1.41. The topological polar surface area (TPSA) is 38.0 Å². The van der Waals surface area contributed by atoms with Crippen LogP contribution in [0.5, 0.6) is 0 Å². The zero-order valence-electron chi connectivity index (χ0n) is 5.57. The van der Waals surface area contributed by atoms with Crippen LogP contribution in [0.2, 0.25) is 0 Å². The van der Waals surface area contributed by atoms with Gasteiger partial charge in [-0.05, 0) is 18.4 Å². The van der Waals surface area contributed by atoms with Gasteiger partial charge in [-0.15, -0.1) is 0 Å². The van der Waals surface area contributed by atoms with Crippen LogP contribution in [0, 0.1) is 5.41 Å². The first-order valence-electron chi connectivity index (χ1n) is 3.12. The molecule has 2 nitrogen and oxygen atoms in total. The predicted octanol–water partition coefficient (Wildman–Crippen LogP) is 0.291. The van der Waals surface area contributed by atoms with E-state index in [9.17, 15) is 0 Å². The zero-order valence-corrected chi connectivity index (χ0v) is 5.57. The van der Waals surface area contributed by atoms with Gasteiger partial charge in [0.2, 0.25) is 0 Å². The van der Waals surface area contributed by atoms with E-state index in [1.807, 2.05) is 0 Å². The molecule has 0 amide bonds. The molecule has 1 heterocycles. The lowest BCUT2D eigenvalue weighted by molar-refractivity contribution is 0.321. The van der Waals surface area contributed by atoms with Crippen LogP contribution in [0.15, 0.2) is 0 Å². The Morgan fingerprint density at radius 1 is 1.62 bits per heavy atom. The minimum Gasteiger partial charge on any atom is -0.315 e. The van der Waals surface area contributed by atoms with E-state index in [1.165, 1.54) is 6.42 Å². The molecule has 0 aromatic heterocycles. The van der Waals surface area contributed by atoms with Crippen molar-refractivity contribution in [2.45, 2.75) is 26.4 Å². The summed E-state index contributed by atoms with van der Waals surface area (Å²) in [6, 6.07) is 0. The van der Waals surface area contributed by atoms with Crippen LogP contribution in [0.4, 0.5) is 0 Å². The highest BCUT2D eigenvalue weighted by Gasteiger charge is 2.30. The number of hydrogen-bond donors (Lipinski definition) is 2. The maximum Gasteiger partial charge on any atom is 0.0599 e. The van der Waals surface area contributed by atoms with E-state index in [0.717, 1.165) is 6.54 Å². The van der Waals surface area contributed by atoms with Gasteiger partial charge in [-0.25, -0.2) is 0 Å². The molecule has 0 radical (unpaired) electrons. The summed E-state index contributed by atoms with van der Waals surface area (Å²) in [6.45, 7) is 5.46. The second-order valence-corrected chi connectivity index (χ2v) is 3.17. The first-order chi connectivity index (χ1) is 3.63. The van der Waals surface area contributed by atoms with Crippen LogP contribution in [-0.4, -0.2) is 12.7 Å². The molecule has 1 saturated heterocycles. The molecule has 1 rings (SSSR count). The molecular weight excluding hydrogens is 100 g/mol. The molecule has 0 unspecified atom stereocenters. The number of rotatable bonds is 0. The van der Waals surface area contributed by atoms with Crippen molar-refractivity contribution in [1.29, 1.82) is 0 Å². The molecule has 1 atom stereocenters. The van der Waals surface area contributed by atoms with Gasteiger partial charge in [0, 0.05) is 0 Å². The Labute approximate surface area is 50.4 Å². The highest BCUT2D eigenvalue weighted by Crippen LogP contribution is 2.25. The molecule has 48 valence electrons. The van der Waals surface area contributed by atoms with Crippen molar-refractivity contribution in [3.63, 3.8) is 0 Å². The van der Waals surface area contributed by atoms with Gasteiger partial charge in [-0.3, -0.25) is 0 Å². The quantitative estimate of drug-likeness (QED) is 0.475. The first-order valence-corrected chi connectivity index (χ1v) is 3.12. The average molecular weight is 114 g/mol. The number of nitrogens with two attached hydrogens (primary N) is 1. The van der Waals surface area contributed by atoms with Crippen LogP contribution in [-0.2, 0) is 0 Å². The van der Waals surface area contributed by atoms with Gasteiger partial charge in [0.05, 0.1) is 6.17 Å². The summed E-state index contributed by atoms with van der Waals surface area (Å²) in [5.74, 6) is 0. The standard InChI is InChI=1S/C6H14N2/c1-6(2)3-4-8-5(6)7/h5,8H,3-4,7H2,1-2H3/t5-/m1/s1. The van der Waals surface area contributed by atoms with E-state index in [0.29, 0.717) is 5.41 Å². The van der Waals surface area contributed by atoms with Crippen molar-refractivity contribution in [1.82, 2.24) is 5.32 Å². The molecule has 8 heavy (non-hydrogen) atoms. The second kappa shape index (κ2) is 1.71. The van der Waals surface area contributed by atoms with Crippen molar-refractivity contribution in [3.8, 4) is 0 Å². The van der Waals surface area contributed by atoms with E-state index in [4.69, 9.17) is 5.73 Å². The Morgan fingerprint density at radius 3 is 2.38 bits per heavy atom. The molecule has 0 bridgehead atoms. The summed E-state index contributed by atoms with van der Waals surface area (Å²) in [5.41, 5.74) is 6.02. The van der Waals surface area contributed by atoms with E-state index >= 15 is 0 Å². The van der Waals surface area contributed by atoms with Gasteiger partial charge in [-0.1, -0.05) is 13.8 Å². The molecule has 2 heteroatoms. The van der Waals surface area contributed by atoms with Crippen LogP contribution in [0.25, 0.3) is 0 Å². The molecule has 0 aromatic rings.